The van der Waals surface area contributed by atoms with Gasteiger partial charge in [0.1, 0.15) is 5.78 Å². The molecule has 7 nitrogen and oxygen atoms in total. The van der Waals surface area contributed by atoms with Crippen LogP contribution >= 0.6 is 23.2 Å². The highest BCUT2D eigenvalue weighted by atomic mass is 35.5. The van der Waals surface area contributed by atoms with E-state index < -0.39 is 46.0 Å². The molecule has 1 saturated heterocycles. The lowest BCUT2D eigenvalue weighted by atomic mass is 9.51. The molecule has 3 heterocycles. The number of hydrogen-bond donors (Lipinski definition) is 1. The number of esters is 1. The predicted molar refractivity (Wildman–Crippen MR) is 165 cm³/mol. The Kier molecular flexibility index (Phi) is 7.90. The SMILES string of the molecule is COC(=O)[C@@H]1CCC(C)(CC(=O)[C@@H]2CC3(CCC(C)(C)CC3)[C@@]3(C(=O)Nc4cc(Cl)ccc43)[C@H]2c2ccnc(Cl)c2F)CO1. The molecule has 2 saturated carbocycles. The van der Waals surface area contributed by atoms with Gasteiger partial charge in [-0.15, -0.1) is 0 Å². The Bertz CT molecular complexity index is 1510. The Balaban J connectivity index is 1.48. The first kappa shape index (κ1) is 31.4. The quantitative estimate of drug-likeness (QED) is 0.269. The van der Waals surface area contributed by atoms with E-state index in [1.165, 1.54) is 13.3 Å². The fourth-order valence-electron chi connectivity index (χ4n) is 8.84. The van der Waals surface area contributed by atoms with Crippen LogP contribution in [0.2, 0.25) is 10.2 Å². The molecule has 3 fully saturated rings. The molecule has 2 aliphatic carbocycles. The number of ether oxygens (including phenoxy) is 2. The zero-order valence-electron chi connectivity index (χ0n) is 25.6. The maximum atomic E-state index is 16.1. The Morgan fingerprint density at radius 2 is 1.84 bits per heavy atom. The Labute approximate surface area is 267 Å². The molecular weight excluding hydrogens is 606 g/mol. The van der Waals surface area contributed by atoms with Crippen LogP contribution in [0.25, 0.3) is 0 Å². The monoisotopic (exact) mass is 644 g/mol. The number of nitrogens with one attached hydrogen (secondary N) is 1. The van der Waals surface area contributed by atoms with Gasteiger partial charge in [0.15, 0.2) is 17.1 Å². The molecule has 2 spiro atoms. The topological polar surface area (TPSA) is 94.6 Å². The van der Waals surface area contributed by atoms with Gasteiger partial charge in [0.25, 0.3) is 0 Å². The number of halogens is 3. The molecule has 1 amide bonds. The number of ketones is 1. The Morgan fingerprint density at radius 3 is 2.50 bits per heavy atom. The molecule has 0 bridgehead atoms. The molecule has 44 heavy (non-hydrogen) atoms. The van der Waals surface area contributed by atoms with Crippen molar-refractivity contribution in [3.63, 3.8) is 0 Å². The second-order valence-electron chi connectivity index (χ2n) is 14.5. The van der Waals surface area contributed by atoms with Crippen LogP contribution in [0.5, 0.6) is 0 Å². The van der Waals surface area contributed by atoms with E-state index in [-0.39, 0.29) is 40.8 Å². The lowest BCUT2D eigenvalue weighted by Gasteiger charge is -2.51. The second kappa shape index (κ2) is 11.1. The number of nitrogens with zero attached hydrogens (tertiary/aromatic N) is 1. The van der Waals surface area contributed by atoms with Crippen LogP contribution in [0.15, 0.2) is 30.5 Å². The van der Waals surface area contributed by atoms with E-state index in [2.05, 4.69) is 24.1 Å². The number of fused-ring (bicyclic) bond motifs is 3. The zero-order valence-corrected chi connectivity index (χ0v) is 27.1. The number of carbonyl (C=O) groups is 3. The molecule has 0 radical (unpaired) electrons. The van der Waals surface area contributed by atoms with E-state index in [1.807, 2.05) is 13.0 Å². The van der Waals surface area contributed by atoms with Gasteiger partial charge in [-0.25, -0.2) is 14.2 Å². The Morgan fingerprint density at radius 1 is 1.11 bits per heavy atom. The van der Waals surface area contributed by atoms with Crippen molar-refractivity contribution >= 4 is 46.5 Å². The smallest absolute Gasteiger partial charge is 0.334 e. The first-order valence-corrected chi connectivity index (χ1v) is 16.2. The van der Waals surface area contributed by atoms with Gasteiger partial charge in [0, 0.05) is 35.2 Å². The summed E-state index contributed by atoms with van der Waals surface area (Å²) < 4.78 is 26.9. The van der Waals surface area contributed by atoms with Crippen LogP contribution in [-0.2, 0) is 29.3 Å². The molecular formula is C34H39Cl2FN2O5. The molecule has 1 aromatic heterocycles. The van der Waals surface area contributed by atoms with E-state index in [0.717, 1.165) is 31.2 Å². The highest BCUT2D eigenvalue weighted by Gasteiger charge is 2.72. The summed E-state index contributed by atoms with van der Waals surface area (Å²) in [7, 11) is 1.33. The molecule has 2 aliphatic heterocycles. The van der Waals surface area contributed by atoms with Gasteiger partial charge in [-0.05, 0) is 90.5 Å². The number of anilines is 1. The van der Waals surface area contributed by atoms with Crippen molar-refractivity contribution in [2.24, 2.45) is 22.2 Å². The van der Waals surface area contributed by atoms with E-state index in [9.17, 15) is 14.4 Å². The first-order valence-electron chi connectivity index (χ1n) is 15.4. The third kappa shape index (κ3) is 4.87. The number of rotatable bonds is 5. The van der Waals surface area contributed by atoms with Gasteiger partial charge in [0.2, 0.25) is 5.91 Å². The number of Topliss-reactive ketones (excluding diaryl/α,β-unsaturated/α-hetero) is 1. The Hall–Kier alpha value is -2.55. The molecule has 1 N–H and O–H groups in total. The largest absolute Gasteiger partial charge is 0.467 e. The lowest BCUT2D eigenvalue weighted by Crippen LogP contribution is -2.52. The first-order chi connectivity index (χ1) is 20.8. The molecule has 2 aromatic rings. The fourth-order valence-corrected chi connectivity index (χ4v) is 9.18. The standard InChI is InChI=1S/C34H39Cl2FN2O5/c1-31(2)10-12-33(13-11-31)16-21(24(40)17-32(3)9-7-25(44-18-32)29(41)43-4)26(20-8-14-38-28(36)27(20)37)34(33)22-6-5-19(35)15-23(22)39-30(34)42/h5-6,8,14-15,21,25-26H,7,9-13,16-18H2,1-4H3,(H,39,42)/t21-,25-,26-,32?,34+/m0/s1. The fraction of sp³-hybridized carbons (Fsp3) is 0.588. The van der Waals surface area contributed by atoms with Crippen molar-refractivity contribution in [1.82, 2.24) is 4.98 Å². The summed E-state index contributed by atoms with van der Waals surface area (Å²) in [5.74, 6) is -2.86. The maximum absolute atomic E-state index is 16.1. The average molecular weight is 646 g/mol. The van der Waals surface area contributed by atoms with Crippen molar-refractivity contribution in [2.45, 2.75) is 89.6 Å². The highest BCUT2D eigenvalue weighted by molar-refractivity contribution is 6.31. The van der Waals surface area contributed by atoms with Crippen LogP contribution in [0.1, 0.15) is 89.2 Å². The minimum atomic E-state index is -1.21. The predicted octanol–water partition coefficient (Wildman–Crippen LogP) is 7.43. The van der Waals surface area contributed by atoms with Crippen molar-refractivity contribution in [1.29, 1.82) is 0 Å². The van der Waals surface area contributed by atoms with Gasteiger partial charge >= 0.3 is 5.97 Å². The number of pyridine rings is 1. The van der Waals surface area contributed by atoms with Gasteiger partial charge in [-0.2, -0.15) is 0 Å². The summed E-state index contributed by atoms with van der Waals surface area (Å²) in [5, 5.41) is 3.29. The summed E-state index contributed by atoms with van der Waals surface area (Å²) in [6, 6.07) is 6.96. The van der Waals surface area contributed by atoms with Crippen LogP contribution in [0, 0.1) is 28.0 Å². The second-order valence-corrected chi connectivity index (χ2v) is 15.3. The van der Waals surface area contributed by atoms with Crippen molar-refractivity contribution in [3.05, 3.63) is 57.6 Å². The molecule has 5 atom stereocenters. The van der Waals surface area contributed by atoms with Gasteiger partial charge < -0.3 is 14.8 Å². The van der Waals surface area contributed by atoms with Crippen LogP contribution in [0.4, 0.5) is 10.1 Å². The average Bonchev–Trinajstić information content (AvgIpc) is 3.44. The number of hydrogen-bond acceptors (Lipinski definition) is 6. The van der Waals surface area contributed by atoms with Crippen LogP contribution in [-0.4, -0.2) is 42.5 Å². The minimum absolute atomic E-state index is 0.0405. The molecule has 6 rings (SSSR count). The number of amides is 1. The molecule has 1 unspecified atom stereocenters. The summed E-state index contributed by atoms with van der Waals surface area (Å²) in [5.41, 5.74) is -0.663. The van der Waals surface area contributed by atoms with Crippen LogP contribution in [0.3, 0.4) is 0 Å². The van der Waals surface area contributed by atoms with Crippen molar-refractivity contribution in [3.8, 4) is 0 Å². The molecule has 4 aliphatic rings. The third-order valence-corrected chi connectivity index (χ3v) is 11.7. The molecule has 10 heteroatoms. The number of methoxy groups -OCH3 is 1. The van der Waals surface area contributed by atoms with Crippen LogP contribution < -0.4 is 5.32 Å². The lowest BCUT2D eigenvalue weighted by molar-refractivity contribution is -0.163. The summed E-state index contributed by atoms with van der Waals surface area (Å²) in [6.07, 6.45) is 5.64. The normalized spacial score (nSPS) is 32.0. The summed E-state index contributed by atoms with van der Waals surface area (Å²) >= 11 is 12.7. The van der Waals surface area contributed by atoms with Gasteiger partial charge in [0.05, 0.1) is 19.1 Å². The minimum Gasteiger partial charge on any atom is -0.467 e. The van der Waals surface area contributed by atoms with Gasteiger partial charge in [-0.3, -0.25) is 9.59 Å². The highest BCUT2D eigenvalue weighted by Crippen LogP contribution is 2.72. The maximum Gasteiger partial charge on any atom is 0.334 e. The van der Waals surface area contributed by atoms with Crippen molar-refractivity contribution in [2.75, 3.05) is 19.0 Å². The molecule has 1 aromatic carbocycles. The summed E-state index contributed by atoms with van der Waals surface area (Å²) in [6.45, 7) is 6.67. The number of carbonyl (C=O) groups excluding carboxylic acids is 3. The zero-order chi connectivity index (χ0) is 31.7. The molecule has 236 valence electrons. The van der Waals surface area contributed by atoms with E-state index in [4.69, 9.17) is 32.7 Å². The number of benzene rings is 1. The van der Waals surface area contributed by atoms with E-state index in [1.54, 1.807) is 18.2 Å². The van der Waals surface area contributed by atoms with Crippen molar-refractivity contribution < 1.29 is 28.2 Å². The van der Waals surface area contributed by atoms with E-state index >= 15 is 4.39 Å². The van der Waals surface area contributed by atoms with Gasteiger partial charge in [-0.1, -0.05) is 50.0 Å². The van der Waals surface area contributed by atoms with E-state index in [0.29, 0.717) is 30.0 Å². The third-order valence-electron chi connectivity index (χ3n) is 11.2. The summed E-state index contributed by atoms with van der Waals surface area (Å²) in [4.78, 5) is 45.3. The number of aromatic nitrogens is 1.